The van der Waals surface area contributed by atoms with Gasteiger partial charge in [0.1, 0.15) is 5.75 Å². The second kappa shape index (κ2) is 8.12. The molecule has 0 atom stereocenters. The fourth-order valence-corrected chi connectivity index (χ4v) is 3.78. The van der Waals surface area contributed by atoms with E-state index in [9.17, 15) is 26.4 Å². The number of carbonyl (C=O) groups excluding carboxylic acids is 1. The van der Waals surface area contributed by atoms with Crippen LogP contribution in [0.2, 0.25) is 0 Å². The Morgan fingerprint density at radius 3 is 2.37 bits per heavy atom. The Hall–Kier alpha value is -2.35. The summed E-state index contributed by atoms with van der Waals surface area (Å²) in [4.78, 5) is 12.1. The van der Waals surface area contributed by atoms with Gasteiger partial charge in [0, 0.05) is 5.69 Å². The van der Waals surface area contributed by atoms with Gasteiger partial charge in [-0.3, -0.25) is 4.79 Å². The molecule has 0 spiro atoms. The van der Waals surface area contributed by atoms with Crippen LogP contribution in [0, 0.1) is 0 Å². The Morgan fingerprint density at radius 1 is 1.07 bits per heavy atom. The highest BCUT2D eigenvalue weighted by Crippen LogP contribution is 2.30. The first kappa shape index (κ1) is 21.0. The van der Waals surface area contributed by atoms with Gasteiger partial charge in [-0.1, -0.05) is 44.2 Å². The van der Waals surface area contributed by atoms with Gasteiger partial charge in [-0.15, -0.1) is 0 Å². The fraction of sp³-hybridized carbons (Fsp3) is 0.316. The van der Waals surface area contributed by atoms with E-state index in [1.807, 2.05) is 19.9 Å². The van der Waals surface area contributed by atoms with Crippen LogP contribution in [0.15, 0.2) is 48.5 Å². The van der Waals surface area contributed by atoms with Crippen LogP contribution in [0.4, 0.5) is 18.9 Å². The van der Waals surface area contributed by atoms with Gasteiger partial charge in [-0.05, 0) is 35.2 Å². The van der Waals surface area contributed by atoms with E-state index in [1.54, 1.807) is 18.2 Å². The second-order valence-electron chi connectivity index (χ2n) is 6.56. The van der Waals surface area contributed by atoms with Crippen molar-refractivity contribution in [2.75, 3.05) is 11.1 Å². The van der Waals surface area contributed by atoms with Crippen molar-refractivity contribution in [1.82, 2.24) is 0 Å². The van der Waals surface area contributed by atoms with Gasteiger partial charge in [0.15, 0.2) is 9.84 Å². The van der Waals surface area contributed by atoms with E-state index in [4.69, 9.17) is 0 Å². The van der Waals surface area contributed by atoms with Crippen LogP contribution in [-0.4, -0.2) is 20.1 Å². The van der Waals surface area contributed by atoms with E-state index in [-0.39, 0.29) is 11.5 Å². The lowest BCUT2D eigenvalue weighted by Gasteiger charge is -2.11. The Bertz CT molecular complexity index is 922. The number of nitrogens with one attached hydrogen (secondary N) is 1. The molecule has 0 aliphatic carbocycles. The van der Waals surface area contributed by atoms with Crippen LogP contribution in [0.25, 0.3) is 0 Å². The fourth-order valence-electron chi connectivity index (χ4n) is 2.51. The van der Waals surface area contributed by atoms with Gasteiger partial charge < -0.3 is 5.32 Å². The lowest BCUT2D eigenvalue weighted by molar-refractivity contribution is -0.137. The van der Waals surface area contributed by atoms with Crippen molar-refractivity contribution >= 4 is 21.4 Å². The average molecular weight is 399 g/mol. The highest BCUT2D eigenvalue weighted by molar-refractivity contribution is 7.91. The lowest BCUT2D eigenvalue weighted by Crippen LogP contribution is -2.24. The Kier molecular flexibility index (Phi) is 6.30. The molecule has 0 bridgehead atoms. The molecular formula is C19H20F3NO3S. The minimum Gasteiger partial charge on any atom is -0.325 e. The molecule has 0 saturated carbocycles. The highest BCUT2D eigenvalue weighted by Gasteiger charge is 2.30. The molecule has 0 unspecified atom stereocenters. The van der Waals surface area contributed by atoms with Crippen LogP contribution in [0.1, 0.15) is 36.5 Å². The highest BCUT2D eigenvalue weighted by atomic mass is 32.2. The van der Waals surface area contributed by atoms with Crippen molar-refractivity contribution in [2.45, 2.75) is 31.7 Å². The molecule has 0 fully saturated rings. The smallest absolute Gasteiger partial charge is 0.325 e. The van der Waals surface area contributed by atoms with Crippen LogP contribution < -0.4 is 5.32 Å². The van der Waals surface area contributed by atoms with Crippen molar-refractivity contribution in [1.29, 1.82) is 0 Å². The van der Waals surface area contributed by atoms with Crippen LogP contribution in [0.3, 0.4) is 0 Å². The van der Waals surface area contributed by atoms with Crippen molar-refractivity contribution in [3.05, 3.63) is 65.2 Å². The molecule has 146 valence electrons. The number of hydrogen-bond donors (Lipinski definition) is 1. The summed E-state index contributed by atoms with van der Waals surface area (Å²) in [5.74, 6) is -1.94. The molecule has 2 aromatic carbocycles. The summed E-state index contributed by atoms with van der Waals surface area (Å²) in [7, 11) is -3.92. The van der Waals surface area contributed by atoms with Gasteiger partial charge in [0.05, 0.1) is 11.3 Å². The van der Waals surface area contributed by atoms with Crippen molar-refractivity contribution < 1.29 is 26.4 Å². The first-order valence-corrected chi connectivity index (χ1v) is 10.0. The normalized spacial score (nSPS) is 12.2. The van der Waals surface area contributed by atoms with Crippen LogP contribution in [0.5, 0.6) is 0 Å². The minimum atomic E-state index is -4.56. The zero-order chi connectivity index (χ0) is 20.2. The third kappa shape index (κ3) is 6.39. The number of hydrogen-bond acceptors (Lipinski definition) is 3. The lowest BCUT2D eigenvalue weighted by atomic mass is 10.0. The molecule has 27 heavy (non-hydrogen) atoms. The number of halogens is 3. The molecule has 0 aliphatic heterocycles. The van der Waals surface area contributed by atoms with Crippen LogP contribution >= 0.6 is 0 Å². The monoisotopic (exact) mass is 399 g/mol. The molecule has 0 aliphatic rings. The second-order valence-corrected chi connectivity index (χ2v) is 8.62. The third-order valence-electron chi connectivity index (χ3n) is 3.83. The number of anilines is 1. The van der Waals surface area contributed by atoms with Gasteiger partial charge in [-0.25, -0.2) is 8.42 Å². The Balaban J connectivity index is 2.06. The van der Waals surface area contributed by atoms with Gasteiger partial charge in [0.2, 0.25) is 5.91 Å². The predicted octanol–water partition coefficient (Wildman–Crippen LogP) is 4.38. The molecule has 2 aromatic rings. The largest absolute Gasteiger partial charge is 0.416 e. The van der Waals surface area contributed by atoms with Gasteiger partial charge >= 0.3 is 6.18 Å². The molecule has 0 saturated heterocycles. The standard InChI is InChI=1S/C19H20F3NO3S/c1-13(2)15-6-4-8-17(10-15)23-18(24)12-27(25,26)11-14-5-3-7-16(9-14)19(20,21)22/h3-10,13H,11-12H2,1-2H3,(H,23,24). The predicted molar refractivity (Wildman–Crippen MR) is 98.1 cm³/mol. The van der Waals surface area contributed by atoms with Crippen LogP contribution in [-0.2, 0) is 26.6 Å². The molecule has 2 rings (SSSR count). The number of amides is 1. The zero-order valence-corrected chi connectivity index (χ0v) is 15.7. The number of benzene rings is 2. The number of alkyl halides is 3. The number of rotatable bonds is 6. The molecule has 0 radical (unpaired) electrons. The number of carbonyl (C=O) groups is 1. The summed E-state index contributed by atoms with van der Waals surface area (Å²) in [6, 6.07) is 11.1. The molecule has 1 N–H and O–H groups in total. The van der Waals surface area contributed by atoms with Gasteiger partial charge in [-0.2, -0.15) is 13.2 Å². The average Bonchev–Trinajstić information content (AvgIpc) is 2.53. The summed E-state index contributed by atoms with van der Waals surface area (Å²) < 4.78 is 62.6. The van der Waals surface area contributed by atoms with E-state index in [1.165, 1.54) is 6.07 Å². The van der Waals surface area contributed by atoms with E-state index < -0.39 is 39.0 Å². The summed E-state index contributed by atoms with van der Waals surface area (Å²) >= 11 is 0. The van der Waals surface area contributed by atoms with Crippen molar-refractivity contribution in [3.63, 3.8) is 0 Å². The van der Waals surface area contributed by atoms with E-state index >= 15 is 0 Å². The SMILES string of the molecule is CC(C)c1cccc(NC(=O)CS(=O)(=O)Cc2cccc(C(F)(F)F)c2)c1. The summed E-state index contributed by atoms with van der Waals surface area (Å²) in [6.07, 6.45) is -4.56. The summed E-state index contributed by atoms with van der Waals surface area (Å²) in [5, 5.41) is 2.52. The molecule has 4 nitrogen and oxygen atoms in total. The van der Waals surface area contributed by atoms with E-state index in [0.717, 1.165) is 23.8 Å². The molecule has 0 aromatic heterocycles. The van der Waals surface area contributed by atoms with Gasteiger partial charge in [0.25, 0.3) is 0 Å². The molecule has 0 heterocycles. The minimum absolute atomic E-state index is 0.0144. The Labute approximate surface area is 156 Å². The summed E-state index contributed by atoms with van der Waals surface area (Å²) in [6.45, 7) is 3.97. The van der Waals surface area contributed by atoms with Crippen molar-refractivity contribution in [3.8, 4) is 0 Å². The van der Waals surface area contributed by atoms with E-state index in [2.05, 4.69) is 5.32 Å². The maximum absolute atomic E-state index is 12.7. The van der Waals surface area contributed by atoms with Crippen molar-refractivity contribution in [2.24, 2.45) is 0 Å². The zero-order valence-electron chi connectivity index (χ0n) is 14.9. The summed E-state index contributed by atoms with van der Waals surface area (Å²) in [5.41, 5.74) is 0.518. The Morgan fingerprint density at radius 2 is 1.74 bits per heavy atom. The first-order valence-electron chi connectivity index (χ1n) is 8.22. The maximum Gasteiger partial charge on any atom is 0.416 e. The molecule has 8 heteroatoms. The molecular weight excluding hydrogens is 379 g/mol. The first-order chi connectivity index (χ1) is 12.5. The quantitative estimate of drug-likeness (QED) is 0.784. The third-order valence-corrected chi connectivity index (χ3v) is 5.30. The maximum atomic E-state index is 12.7. The number of sulfone groups is 1. The van der Waals surface area contributed by atoms with E-state index in [0.29, 0.717) is 5.69 Å². The topological polar surface area (TPSA) is 63.2 Å². The molecule has 1 amide bonds.